The van der Waals surface area contributed by atoms with Crippen molar-refractivity contribution in [2.45, 2.75) is 51.9 Å². The largest absolute Gasteiger partial charge is 0.508 e. The molecular formula is C34H39N5O4. The number of H-pyrrole nitrogens is 1. The van der Waals surface area contributed by atoms with Gasteiger partial charge < -0.3 is 25.6 Å². The van der Waals surface area contributed by atoms with E-state index in [2.05, 4.69) is 15.6 Å². The van der Waals surface area contributed by atoms with E-state index < -0.39 is 12.1 Å². The van der Waals surface area contributed by atoms with Crippen LogP contribution < -0.4 is 10.6 Å². The summed E-state index contributed by atoms with van der Waals surface area (Å²) in [4.78, 5) is 47.6. The Kier molecular flexibility index (Phi) is 8.82. The molecule has 9 nitrogen and oxygen atoms in total. The average Bonchev–Trinajstić information content (AvgIpc) is 3.25. The highest BCUT2D eigenvalue weighted by molar-refractivity contribution is 5.94. The van der Waals surface area contributed by atoms with Gasteiger partial charge in [0.05, 0.1) is 12.6 Å². The number of fused-ring (bicyclic) bond motifs is 3. The number of amides is 3. The quantitative estimate of drug-likeness (QED) is 0.242. The molecule has 5 rings (SSSR count). The summed E-state index contributed by atoms with van der Waals surface area (Å²) in [5.74, 6) is -0.652. The summed E-state index contributed by atoms with van der Waals surface area (Å²) >= 11 is 0. The molecule has 0 spiro atoms. The monoisotopic (exact) mass is 581 g/mol. The second-order valence-electron chi connectivity index (χ2n) is 11.6. The summed E-state index contributed by atoms with van der Waals surface area (Å²) in [5.41, 5.74) is 6.53. The van der Waals surface area contributed by atoms with E-state index >= 15 is 0 Å². The lowest BCUT2D eigenvalue weighted by molar-refractivity contribution is -0.140. The van der Waals surface area contributed by atoms with Crippen molar-refractivity contribution in [2.75, 3.05) is 20.6 Å². The molecule has 1 aliphatic rings. The van der Waals surface area contributed by atoms with Crippen molar-refractivity contribution in [3.8, 4) is 5.75 Å². The minimum absolute atomic E-state index is 0.129. The third kappa shape index (κ3) is 6.73. The zero-order valence-corrected chi connectivity index (χ0v) is 25.1. The summed E-state index contributed by atoms with van der Waals surface area (Å²) in [5, 5.41) is 17.0. The van der Waals surface area contributed by atoms with E-state index in [1.807, 2.05) is 87.4 Å². The Labute approximate surface area is 251 Å². The maximum absolute atomic E-state index is 14.0. The molecule has 0 saturated heterocycles. The van der Waals surface area contributed by atoms with E-state index in [0.29, 0.717) is 19.4 Å². The molecular weight excluding hydrogens is 542 g/mol. The number of carbonyl (C=O) groups excluding carboxylic acids is 3. The highest BCUT2D eigenvalue weighted by Crippen LogP contribution is 2.28. The van der Waals surface area contributed by atoms with Crippen LogP contribution >= 0.6 is 0 Å². The summed E-state index contributed by atoms with van der Waals surface area (Å²) in [6.45, 7) is 4.30. The number of hydrogen-bond donors (Lipinski definition) is 4. The first-order valence-corrected chi connectivity index (χ1v) is 14.5. The second-order valence-corrected chi connectivity index (χ2v) is 11.6. The molecule has 3 aromatic carbocycles. The number of nitrogens with zero attached hydrogens (tertiary/aromatic N) is 2. The van der Waals surface area contributed by atoms with Crippen molar-refractivity contribution in [1.82, 2.24) is 25.4 Å². The van der Waals surface area contributed by atoms with Crippen molar-refractivity contribution in [2.24, 2.45) is 0 Å². The maximum atomic E-state index is 14.0. The molecule has 2 atom stereocenters. The predicted molar refractivity (Wildman–Crippen MR) is 166 cm³/mol. The number of hydrogen-bond acceptors (Lipinski definition) is 5. The van der Waals surface area contributed by atoms with Gasteiger partial charge in [0.15, 0.2) is 0 Å². The Balaban J connectivity index is 1.39. The lowest BCUT2D eigenvalue weighted by Gasteiger charge is -2.29. The number of carbonyl (C=O) groups is 3. The SMILES string of the molecule is Cc1cc(O)cc(C)c1C[C@@H](C(=O)N[C@@H]1Cc2c([nH]c3ccccc23)CN(CC(=O)NCc2ccccc2)C1=O)N(C)C. The number of aromatic amines is 1. The Bertz CT molecular complexity index is 1620. The van der Waals surface area contributed by atoms with E-state index in [1.54, 1.807) is 12.1 Å². The first-order chi connectivity index (χ1) is 20.6. The Hall–Kier alpha value is -4.63. The van der Waals surface area contributed by atoms with Gasteiger partial charge in [0.1, 0.15) is 18.3 Å². The number of aryl methyl sites for hydroxylation is 2. The van der Waals surface area contributed by atoms with E-state index in [-0.39, 0.29) is 36.6 Å². The first kappa shape index (κ1) is 29.8. The number of phenolic OH excluding ortho intramolecular Hbond substituents is 1. The lowest BCUT2D eigenvalue weighted by Crippen LogP contribution is -2.54. The van der Waals surface area contributed by atoms with Gasteiger partial charge in [-0.25, -0.2) is 0 Å². The standard InChI is InChI=1S/C34H39N5O4/c1-21-14-24(40)15-22(2)26(21)17-31(38(3)4)33(42)37-29-16-27-25-12-8-9-13-28(25)36-30(27)19-39(34(29)43)20-32(41)35-18-23-10-6-5-7-11-23/h5-15,29,31,36,40H,16-20H2,1-4H3,(H,35,41)(H,37,42)/t29-,31+/m1/s1. The summed E-state index contributed by atoms with van der Waals surface area (Å²) < 4.78 is 0. The highest BCUT2D eigenvalue weighted by atomic mass is 16.3. The molecule has 0 unspecified atom stereocenters. The molecule has 0 aliphatic carbocycles. The van der Waals surface area contributed by atoms with Crippen LogP contribution in [0.3, 0.4) is 0 Å². The fourth-order valence-corrected chi connectivity index (χ4v) is 5.94. The fourth-order valence-electron chi connectivity index (χ4n) is 5.94. The zero-order chi connectivity index (χ0) is 30.7. The number of aromatic hydroxyl groups is 1. The van der Waals surface area contributed by atoms with Gasteiger partial charge in [0.25, 0.3) is 0 Å². The molecule has 1 aromatic heterocycles. The molecule has 3 amide bonds. The fraction of sp³-hybridized carbons (Fsp3) is 0.324. The Morgan fingerprint density at radius 3 is 2.42 bits per heavy atom. The number of rotatable bonds is 9. The van der Waals surface area contributed by atoms with E-state index in [1.165, 1.54) is 4.90 Å². The minimum Gasteiger partial charge on any atom is -0.508 e. The van der Waals surface area contributed by atoms with Gasteiger partial charge in [0, 0.05) is 29.6 Å². The number of para-hydroxylation sites is 1. The first-order valence-electron chi connectivity index (χ1n) is 14.5. The Morgan fingerprint density at radius 2 is 1.72 bits per heavy atom. The van der Waals surface area contributed by atoms with E-state index in [9.17, 15) is 19.5 Å². The van der Waals surface area contributed by atoms with Crippen LogP contribution in [0.15, 0.2) is 66.7 Å². The molecule has 9 heteroatoms. The Morgan fingerprint density at radius 1 is 1.05 bits per heavy atom. The maximum Gasteiger partial charge on any atom is 0.246 e. The lowest BCUT2D eigenvalue weighted by atomic mass is 9.94. The van der Waals surface area contributed by atoms with Crippen molar-refractivity contribution < 1.29 is 19.5 Å². The van der Waals surface area contributed by atoms with Crippen LogP contribution in [0.2, 0.25) is 0 Å². The smallest absolute Gasteiger partial charge is 0.246 e. The van der Waals surface area contributed by atoms with Crippen molar-refractivity contribution >= 4 is 28.6 Å². The van der Waals surface area contributed by atoms with E-state index in [0.717, 1.165) is 44.4 Å². The van der Waals surface area contributed by atoms with Gasteiger partial charge >= 0.3 is 0 Å². The molecule has 224 valence electrons. The van der Waals surface area contributed by atoms with Gasteiger partial charge in [0.2, 0.25) is 17.7 Å². The molecule has 0 radical (unpaired) electrons. The second kappa shape index (κ2) is 12.7. The highest BCUT2D eigenvalue weighted by Gasteiger charge is 2.35. The van der Waals surface area contributed by atoms with Gasteiger partial charge in [-0.1, -0.05) is 48.5 Å². The topological polar surface area (TPSA) is 118 Å². The molecule has 43 heavy (non-hydrogen) atoms. The summed E-state index contributed by atoms with van der Waals surface area (Å²) in [6.07, 6.45) is 0.727. The molecule has 0 fully saturated rings. The van der Waals surface area contributed by atoms with Crippen LogP contribution in [0.25, 0.3) is 10.9 Å². The van der Waals surface area contributed by atoms with Crippen LogP contribution in [-0.4, -0.2) is 70.3 Å². The van der Waals surface area contributed by atoms with Gasteiger partial charge in [-0.3, -0.25) is 19.3 Å². The minimum atomic E-state index is -0.848. The normalized spacial score (nSPS) is 15.7. The average molecular weight is 582 g/mol. The van der Waals surface area contributed by atoms with Crippen molar-refractivity contribution in [3.05, 3.63) is 100 Å². The zero-order valence-electron chi connectivity index (χ0n) is 25.1. The number of benzene rings is 3. The number of phenols is 1. The van der Waals surface area contributed by atoms with Crippen LogP contribution in [0.1, 0.15) is 33.5 Å². The van der Waals surface area contributed by atoms with Crippen LogP contribution in [0, 0.1) is 13.8 Å². The predicted octanol–water partition coefficient (Wildman–Crippen LogP) is 3.35. The molecule has 2 heterocycles. The summed E-state index contributed by atoms with van der Waals surface area (Å²) in [6, 6.07) is 19.5. The number of likely N-dealkylation sites (N-methyl/N-ethyl adjacent to an activating group) is 1. The molecule has 4 N–H and O–H groups in total. The van der Waals surface area contributed by atoms with Crippen molar-refractivity contribution in [3.63, 3.8) is 0 Å². The molecule has 4 aromatic rings. The molecule has 0 saturated carbocycles. The van der Waals surface area contributed by atoms with Crippen LogP contribution in [-0.2, 0) is 40.3 Å². The van der Waals surface area contributed by atoms with Gasteiger partial charge in [-0.2, -0.15) is 0 Å². The molecule has 1 aliphatic heterocycles. The van der Waals surface area contributed by atoms with Crippen LogP contribution in [0.5, 0.6) is 5.75 Å². The number of aromatic nitrogens is 1. The number of nitrogens with one attached hydrogen (secondary N) is 3. The van der Waals surface area contributed by atoms with Gasteiger partial charge in [-0.05, 0) is 80.4 Å². The third-order valence-corrected chi connectivity index (χ3v) is 8.26. The third-order valence-electron chi connectivity index (χ3n) is 8.26. The van der Waals surface area contributed by atoms with Gasteiger partial charge in [-0.15, -0.1) is 0 Å². The summed E-state index contributed by atoms with van der Waals surface area (Å²) in [7, 11) is 3.68. The molecule has 0 bridgehead atoms. The van der Waals surface area contributed by atoms with E-state index in [4.69, 9.17) is 0 Å². The van der Waals surface area contributed by atoms with Crippen LogP contribution in [0.4, 0.5) is 0 Å². The van der Waals surface area contributed by atoms with Crippen molar-refractivity contribution in [1.29, 1.82) is 0 Å².